The molecular formula is C24H19BrN2PS+. The predicted molar refractivity (Wildman–Crippen MR) is 130 cm³/mol. The van der Waals surface area contributed by atoms with Gasteiger partial charge in [0.2, 0.25) is 0 Å². The molecule has 5 heteroatoms. The van der Waals surface area contributed by atoms with Crippen LogP contribution in [-0.4, -0.2) is 9.38 Å². The molecular weight excluding hydrogens is 459 g/mol. The molecule has 2 heterocycles. The fourth-order valence-electron chi connectivity index (χ4n) is 3.90. The lowest BCUT2D eigenvalue weighted by Gasteiger charge is -2.27. The van der Waals surface area contributed by atoms with Gasteiger partial charge in [-0.3, -0.25) is 4.40 Å². The maximum atomic E-state index is 5.00. The van der Waals surface area contributed by atoms with Crippen LogP contribution in [0.2, 0.25) is 0 Å². The highest BCUT2D eigenvalue weighted by atomic mass is 79.9. The van der Waals surface area contributed by atoms with E-state index in [1.165, 1.54) is 15.9 Å². The van der Waals surface area contributed by atoms with E-state index < -0.39 is 7.26 Å². The number of hydrogen-bond donors (Lipinski definition) is 0. The van der Waals surface area contributed by atoms with Crippen LogP contribution in [0.1, 0.15) is 5.69 Å². The van der Waals surface area contributed by atoms with Crippen molar-refractivity contribution in [3.63, 3.8) is 0 Å². The van der Waals surface area contributed by atoms with E-state index in [4.69, 9.17) is 4.98 Å². The first-order chi connectivity index (χ1) is 14.3. The van der Waals surface area contributed by atoms with E-state index in [0.29, 0.717) is 0 Å². The van der Waals surface area contributed by atoms with Crippen LogP contribution in [0.15, 0.2) is 107 Å². The average Bonchev–Trinajstić information content (AvgIpc) is 3.37. The highest BCUT2D eigenvalue weighted by Crippen LogP contribution is 2.58. The van der Waals surface area contributed by atoms with E-state index in [2.05, 4.69) is 123 Å². The van der Waals surface area contributed by atoms with Crippen molar-refractivity contribution < 1.29 is 0 Å². The molecule has 0 amide bonds. The summed E-state index contributed by atoms with van der Waals surface area (Å²) in [5.41, 5.74) is 1.11. The largest absolute Gasteiger partial charge is 0.284 e. The molecule has 0 aliphatic carbocycles. The maximum absolute atomic E-state index is 5.00. The number of hydrogen-bond acceptors (Lipinski definition) is 2. The third kappa shape index (κ3) is 3.26. The van der Waals surface area contributed by atoms with Crippen LogP contribution in [0.25, 0.3) is 4.96 Å². The Morgan fingerprint density at radius 3 is 1.69 bits per heavy atom. The number of imidazole rings is 1. The van der Waals surface area contributed by atoms with Gasteiger partial charge in [-0.1, -0.05) is 54.6 Å². The summed E-state index contributed by atoms with van der Waals surface area (Å²) in [7, 11) is -1.93. The molecule has 0 saturated heterocycles. The normalized spacial score (nSPS) is 11.8. The zero-order valence-electron chi connectivity index (χ0n) is 15.6. The fourth-order valence-corrected chi connectivity index (χ4v) is 9.63. The molecule has 2 nitrogen and oxygen atoms in total. The van der Waals surface area contributed by atoms with Gasteiger partial charge in [-0.25, -0.2) is 4.98 Å². The molecule has 0 radical (unpaired) electrons. The summed E-state index contributed by atoms with van der Waals surface area (Å²) >= 11 is 5.50. The van der Waals surface area contributed by atoms with Crippen LogP contribution in [0.3, 0.4) is 0 Å². The van der Waals surface area contributed by atoms with Crippen molar-refractivity contribution >= 4 is 55.4 Å². The summed E-state index contributed by atoms with van der Waals surface area (Å²) in [6, 6.07) is 32.8. The Morgan fingerprint density at radius 1 is 0.759 bits per heavy atom. The van der Waals surface area contributed by atoms with E-state index in [0.717, 1.165) is 21.4 Å². The van der Waals surface area contributed by atoms with Crippen molar-refractivity contribution in [1.82, 2.24) is 9.38 Å². The summed E-state index contributed by atoms with van der Waals surface area (Å²) < 4.78 is 3.19. The van der Waals surface area contributed by atoms with Crippen molar-refractivity contribution in [2.24, 2.45) is 0 Å². The molecule has 0 unspecified atom stereocenters. The second kappa shape index (κ2) is 7.87. The number of fused-ring (bicyclic) bond motifs is 1. The van der Waals surface area contributed by atoms with Gasteiger partial charge >= 0.3 is 0 Å². The highest BCUT2D eigenvalue weighted by Gasteiger charge is 2.46. The lowest BCUT2D eigenvalue weighted by molar-refractivity contribution is 1.16. The quantitative estimate of drug-likeness (QED) is 0.299. The third-order valence-corrected chi connectivity index (χ3v) is 11.2. The minimum Gasteiger partial charge on any atom is -0.284 e. The van der Waals surface area contributed by atoms with Gasteiger partial charge < -0.3 is 0 Å². The van der Waals surface area contributed by atoms with E-state index in [9.17, 15) is 0 Å². The summed E-state index contributed by atoms with van der Waals surface area (Å²) in [6.45, 7) is 0. The topological polar surface area (TPSA) is 17.3 Å². The third-order valence-electron chi connectivity index (χ3n) is 5.25. The summed E-state index contributed by atoms with van der Waals surface area (Å²) in [5, 5.41) is 6.20. The van der Waals surface area contributed by atoms with E-state index in [1.54, 1.807) is 11.3 Å². The summed E-state index contributed by atoms with van der Waals surface area (Å²) in [5.74, 6) is 0. The van der Waals surface area contributed by atoms with Crippen molar-refractivity contribution in [1.29, 1.82) is 0 Å². The number of thiazole rings is 1. The number of nitrogens with zero attached hydrogens (tertiary/aromatic N) is 2. The lowest BCUT2D eigenvalue weighted by Crippen LogP contribution is -2.32. The van der Waals surface area contributed by atoms with Gasteiger partial charge in [0.15, 0.2) is 4.96 Å². The number of halogens is 1. The maximum Gasteiger partial charge on any atom is 0.194 e. The lowest BCUT2D eigenvalue weighted by atomic mass is 10.4. The molecule has 0 aliphatic heterocycles. The molecule has 0 N–H and O–H groups in total. The number of benzene rings is 3. The Bertz CT molecular complexity index is 1140. The molecule has 0 aliphatic rings. The zero-order chi connectivity index (χ0) is 19.7. The molecule has 0 bridgehead atoms. The van der Waals surface area contributed by atoms with E-state index >= 15 is 0 Å². The van der Waals surface area contributed by atoms with Gasteiger partial charge in [0, 0.05) is 11.6 Å². The number of rotatable bonds is 5. The van der Waals surface area contributed by atoms with Gasteiger partial charge in [0.1, 0.15) is 39.6 Å². The number of aromatic nitrogens is 2. The van der Waals surface area contributed by atoms with Crippen molar-refractivity contribution in [2.45, 2.75) is 6.16 Å². The van der Waals surface area contributed by atoms with Gasteiger partial charge in [0.25, 0.3) is 0 Å². The molecule has 29 heavy (non-hydrogen) atoms. The second-order valence-corrected chi connectivity index (χ2v) is 12.0. The Balaban J connectivity index is 1.80. The average molecular weight is 478 g/mol. The Morgan fingerprint density at radius 2 is 1.24 bits per heavy atom. The van der Waals surface area contributed by atoms with Crippen molar-refractivity contribution in [3.05, 3.63) is 113 Å². The van der Waals surface area contributed by atoms with Gasteiger partial charge in [-0.15, -0.1) is 11.3 Å². The fraction of sp³-hybridized carbons (Fsp3) is 0.0417. The molecule has 3 aromatic carbocycles. The SMILES string of the molecule is Brc1c(C[P+](c2ccccc2)(c2ccccc2)c2ccccc2)nc2sccn12. The van der Waals surface area contributed by atoms with E-state index in [1.807, 2.05) is 0 Å². The molecule has 0 saturated carbocycles. The molecule has 5 rings (SSSR count). The first-order valence-corrected chi connectivity index (χ1v) is 13.1. The minimum atomic E-state index is -1.93. The van der Waals surface area contributed by atoms with Crippen LogP contribution in [0.4, 0.5) is 0 Å². The van der Waals surface area contributed by atoms with Crippen LogP contribution < -0.4 is 15.9 Å². The molecule has 142 valence electrons. The summed E-state index contributed by atoms with van der Waals surface area (Å²) in [4.78, 5) is 6.02. The van der Waals surface area contributed by atoms with Crippen LogP contribution in [0.5, 0.6) is 0 Å². The van der Waals surface area contributed by atoms with Crippen LogP contribution in [-0.2, 0) is 6.16 Å². The molecule has 5 aromatic rings. The van der Waals surface area contributed by atoms with Gasteiger partial charge in [0.05, 0.1) is 0 Å². The van der Waals surface area contributed by atoms with Crippen LogP contribution in [0, 0.1) is 0 Å². The Hall–Kier alpha value is -2.26. The molecule has 2 aromatic heterocycles. The first kappa shape index (κ1) is 18.7. The monoisotopic (exact) mass is 477 g/mol. The second-order valence-electron chi connectivity index (χ2n) is 6.88. The minimum absolute atomic E-state index is 0.875. The van der Waals surface area contributed by atoms with Crippen molar-refractivity contribution in [2.75, 3.05) is 0 Å². The standard InChI is InChI=1S/C24H19BrN2PS/c25-23-22(26-24-27(23)16-17-29-24)18-28(19-10-4-1-5-11-19,20-12-6-2-7-13-20)21-14-8-3-9-15-21/h1-17H,18H2/q+1. The molecule has 0 atom stereocenters. The molecule has 0 fully saturated rings. The first-order valence-electron chi connectivity index (χ1n) is 9.44. The zero-order valence-corrected chi connectivity index (χ0v) is 18.9. The van der Waals surface area contributed by atoms with Crippen molar-refractivity contribution in [3.8, 4) is 0 Å². The highest BCUT2D eigenvalue weighted by molar-refractivity contribution is 9.10. The smallest absolute Gasteiger partial charge is 0.194 e. The molecule has 0 spiro atoms. The van der Waals surface area contributed by atoms with Gasteiger partial charge in [-0.2, -0.15) is 0 Å². The Kier molecular flexibility index (Phi) is 5.09. The van der Waals surface area contributed by atoms with Gasteiger partial charge in [-0.05, 0) is 52.3 Å². The van der Waals surface area contributed by atoms with Crippen LogP contribution >= 0.6 is 34.5 Å². The Labute approximate surface area is 183 Å². The van der Waals surface area contributed by atoms with E-state index in [-0.39, 0.29) is 0 Å². The summed E-state index contributed by atoms with van der Waals surface area (Å²) in [6.07, 6.45) is 2.95. The predicted octanol–water partition coefficient (Wildman–Crippen LogP) is 5.65.